The highest BCUT2D eigenvalue weighted by molar-refractivity contribution is 5.52. The molecule has 0 saturated heterocycles. The van der Waals surface area contributed by atoms with Gasteiger partial charge in [0.1, 0.15) is 6.07 Å². The Hall–Kier alpha value is -1.63. The van der Waals surface area contributed by atoms with Crippen LogP contribution in [0.1, 0.15) is 31.2 Å². The van der Waals surface area contributed by atoms with Gasteiger partial charge in [-0.15, -0.1) is 5.10 Å². The lowest BCUT2D eigenvalue weighted by molar-refractivity contribution is 0.665. The largest absolute Gasteiger partial charge is 0.353 e. The Labute approximate surface area is 101 Å². The third-order valence-corrected chi connectivity index (χ3v) is 3.47. The highest BCUT2D eigenvalue weighted by Crippen LogP contribution is 2.35. The summed E-state index contributed by atoms with van der Waals surface area (Å²) in [5.41, 5.74) is 0.654. The van der Waals surface area contributed by atoms with Gasteiger partial charge in [0.2, 0.25) is 0 Å². The molecule has 1 aromatic rings. The maximum Gasteiger partial charge on any atom is 0.169 e. The summed E-state index contributed by atoms with van der Waals surface area (Å²) in [4.78, 5) is 2.28. The molecule has 0 atom stereocenters. The summed E-state index contributed by atoms with van der Waals surface area (Å²) < 4.78 is 0. The molecule has 88 valence electrons. The summed E-state index contributed by atoms with van der Waals surface area (Å²) in [5.74, 6) is 2.40. The van der Waals surface area contributed by atoms with E-state index in [0.29, 0.717) is 5.56 Å². The average molecular weight is 228 g/mol. The molecule has 0 radical (unpaired) electrons. The van der Waals surface area contributed by atoms with Crippen LogP contribution in [-0.2, 0) is 0 Å². The minimum absolute atomic E-state index is 0.654. The number of anilines is 1. The summed E-state index contributed by atoms with van der Waals surface area (Å²) >= 11 is 0. The molecule has 17 heavy (non-hydrogen) atoms. The van der Waals surface area contributed by atoms with Crippen LogP contribution in [0, 0.1) is 23.2 Å². The van der Waals surface area contributed by atoms with Gasteiger partial charge >= 0.3 is 0 Å². The van der Waals surface area contributed by atoms with Gasteiger partial charge in [-0.05, 0) is 43.6 Å². The second-order valence-corrected chi connectivity index (χ2v) is 5.17. The normalized spacial score (nSPS) is 18.8. The Morgan fingerprint density at radius 1 is 1.24 bits per heavy atom. The third kappa shape index (κ3) is 2.55. The highest BCUT2D eigenvalue weighted by Gasteiger charge is 2.30. The predicted molar refractivity (Wildman–Crippen MR) is 64.4 cm³/mol. The summed E-state index contributed by atoms with van der Waals surface area (Å²) in [7, 11) is 0. The summed E-state index contributed by atoms with van der Waals surface area (Å²) in [6.07, 6.45) is 6.88. The van der Waals surface area contributed by atoms with E-state index in [4.69, 9.17) is 5.26 Å². The fourth-order valence-electron chi connectivity index (χ4n) is 2.12. The highest BCUT2D eigenvalue weighted by atomic mass is 15.3. The van der Waals surface area contributed by atoms with Crippen LogP contribution in [0.2, 0.25) is 0 Å². The topological polar surface area (TPSA) is 52.8 Å². The maximum absolute atomic E-state index is 9.12. The minimum atomic E-state index is 0.654. The summed E-state index contributed by atoms with van der Waals surface area (Å²) in [5, 5.41) is 17.2. The monoisotopic (exact) mass is 228 g/mol. The zero-order chi connectivity index (χ0) is 11.7. The Morgan fingerprint density at radius 2 is 1.88 bits per heavy atom. The molecule has 0 spiro atoms. The Balaban J connectivity index is 1.81. The number of rotatable bonds is 5. The molecule has 1 heterocycles. The van der Waals surface area contributed by atoms with Crippen molar-refractivity contribution in [1.29, 1.82) is 5.26 Å². The van der Waals surface area contributed by atoms with Crippen molar-refractivity contribution < 1.29 is 0 Å². The quantitative estimate of drug-likeness (QED) is 0.773. The summed E-state index contributed by atoms with van der Waals surface area (Å²) in [6, 6.07) is 3.98. The van der Waals surface area contributed by atoms with Crippen LogP contribution in [-0.4, -0.2) is 23.3 Å². The van der Waals surface area contributed by atoms with Gasteiger partial charge in [0.25, 0.3) is 0 Å². The lowest BCUT2D eigenvalue weighted by Gasteiger charge is -2.23. The van der Waals surface area contributed by atoms with Gasteiger partial charge in [0, 0.05) is 13.1 Å². The molecule has 2 aliphatic carbocycles. The van der Waals surface area contributed by atoms with Crippen LogP contribution in [0.4, 0.5) is 5.82 Å². The first kappa shape index (κ1) is 10.5. The van der Waals surface area contributed by atoms with E-state index in [1.165, 1.54) is 25.7 Å². The van der Waals surface area contributed by atoms with Crippen molar-refractivity contribution in [3.05, 3.63) is 17.8 Å². The number of hydrogen-bond acceptors (Lipinski definition) is 4. The molecule has 0 N–H and O–H groups in total. The zero-order valence-electron chi connectivity index (χ0n) is 9.84. The Morgan fingerprint density at radius 3 is 2.41 bits per heavy atom. The van der Waals surface area contributed by atoms with Gasteiger partial charge in [-0.1, -0.05) is 0 Å². The molecule has 2 aliphatic rings. The van der Waals surface area contributed by atoms with E-state index >= 15 is 0 Å². The number of nitriles is 1. The molecule has 4 nitrogen and oxygen atoms in total. The second kappa shape index (κ2) is 4.33. The molecule has 4 heteroatoms. The predicted octanol–water partition coefficient (Wildman–Crippen LogP) is 1.97. The third-order valence-electron chi connectivity index (χ3n) is 3.47. The van der Waals surface area contributed by atoms with Crippen molar-refractivity contribution in [1.82, 2.24) is 10.2 Å². The number of nitrogens with zero attached hydrogens (tertiary/aromatic N) is 4. The molecule has 1 aromatic heterocycles. The van der Waals surface area contributed by atoms with E-state index in [1.54, 1.807) is 12.3 Å². The van der Waals surface area contributed by atoms with E-state index in [1.807, 2.05) is 0 Å². The maximum atomic E-state index is 9.12. The average Bonchev–Trinajstić information content (AvgIpc) is 3.23. The molecule has 0 unspecified atom stereocenters. The minimum Gasteiger partial charge on any atom is -0.353 e. The van der Waals surface area contributed by atoms with E-state index in [-0.39, 0.29) is 0 Å². The van der Waals surface area contributed by atoms with Gasteiger partial charge in [-0.2, -0.15) is 10.4 Å². The van der Waals surface area contributed by atoms with E-state index in [9.17, 15) is 0 Å². The fraction of sp³-hybridized carbons (Fsp3) is 0.615. The van der Waals surface area contributed by atoms with Crippen LogP contribution in [0.5, 0.6) is 0 Å². The smallest absolute Gasteiger partial charge is 0.169 e. The van der Waals surface area contributed by atoms with Crippen molar-refractivity contribution in [2.45, 2.75) is 25.7 Å². The van der Waals surface area contributed by atoms with Crippen LogP contribution in [0.3, 0.4) is 0 Å². The summed E-state index contributed by atoms with van der Waals surface area (Å²) in [6.45, 7) is 2.09. The van der Waals surface area contributed by atoms with Gasteiger partial charge in [0.15, 0.2) is 5.82 Å². The SMILES string of the molecule is N#Cc1ccnnc1N(CC1CC1)CC1CC1. The molecule has 0 amide bonds. The van der Waals surface area contributed by atoms with Crippen molar-refractivity contribution in [3.8, 4) is 6.07 Å². The molecule has 3 rings (SSSR count). The number of hydrogen-bond donors (Lipinski definition) is 0. The Bertz CT molecular complexity index is 429. The second-order valence-electron chi connectivity index (χ2n) is 5.17. The lowest BCUT2D eigenvalue weighted by atomic mass is 10.2. The van der Waals surface area contributed by atoms with Crippen molar-refractivity contribution in [2.75, 3.05) is 18.0 Å². The fourth-order valence-corrected chi connectivity index (χ4v) is 2.12. The molecule has 0 aliphatic heterocycles. The van der Waals surface area contributed by atoms with Gasteiger partial charge in [-0.25, -0.2) is 0 Å². The van der Waals surface area contributed by atoms with Gasteiger partial charge in [0.05, 0.1) is 11.8 Å². The number of aromatic nitrogens is 2. The van der Waals surface area contributed by atoms with Crippen LogP contribution < -0.4 is 4.90 Å². The van der Waals surface area contributed by atoms with Crippen molar-refractivity contribution in [3.63, 3.8) is 0 Å². The molecular weight excluding hydrogens is 212 g/mol. The first-order chi connectivity index (χ1) is 8.36. The first-order valence-electron chi connectivity index (χ1n) is 6.33. The van der Waals surface area contributed by atoms with E-state index in [2.05, 4.69) is 21.2 Å². The zero-order valence-corrected chi connectivity index (χ0v) is 9.84. The molecule has 0 bridgehead atoms. The van der Waals surface area contributed by atoms with E-state index in [0.717, 1.165) is 30.7 Å². The van der Waals surface area contributed by atoms with Crippen LogP contribution in [0.15, 0.2) is 12.3 Å². The van der Waals surface area contributed by atoms with Crippen molar-refractivity contribution in [2.24, 2.45) is 11.8 Å². The van der Waals surface area contributed by atoms with Crippen LogP contribution >= 0.6 is 0 Å². The molecular formula is C13H16N4. The van der Waals surface area contributed by atoms with E-state index < -0.39 is 0 Å². The van der Waals surface area contributed by atoms with Crippen LogP contribution in [0.25, 0.3) is 0 Å². The Kier molecular flexibility index (Phi) is 2.68. The molecule has 2 saturated carbocycles. The first-order valence-corrected chi connectivity index (χ1v) is 6.33. The lowest BCUT2D eigenvalue weighted by Crippen LogP contribution is -2.29. The molecule has 2 fully saturated rings. The molecule has 0 aromatic carbocycles. The standard InChI is InChI=1S/C13H16N4/c14-7-12-5-6-15-16-13(12)17(8-10-1-2-10)9-11-3-4-11/h5-6,10-11H,1-4,8-9H2. The van der Waals surface area contributed by atoms with Crippen molar-refractivity contribution >= 4 is 5.82 Å². The van der Waals surface area contributed by atoms with Gasteiger partial charge in [-0.3, -0.25) is 0 Å². The van der Waals surface area contributed by atoms with Gasteiger partial charge < -0.3 is 4.90 Å².